The molecule has 24 heavy (non-hydrogen) atoms. The van der Waals surface area contributed by atoms with Gasteiger partial charge in [0.1, 0.15) is 11.6 Å². The second kappa shape index (κ2) is 8.35. The van der Waals surface area contributed by atoms with E-state index in [-0.39, 0.29) is 5.69 Å². The second-order valence-corrected chi connectivity index (χ2v) is 5.58. The Hall–Kier alpha value is -2.54. The van der Waals surface area contributed by atoms with Gasteiger partial charge in [0.2, 0.25) is 0 Å². The van der Waals surface area contributed by atoms with Gasteiger partial charge in [-0.1, -0.05) is 28.1 Å². The molecule has 0 aliphatic heterocycles. The highest BCUT2D eigenvalue weighted by Crippen LogP contribution is 2.14. The Morgan fingerprint density at radius 2 is 1.83 bits per heavy atom. The first kappa shape index (κ1) is 17.8. The zero-order valence-electron chi connectivity index (χ0n) is 12.3. The van der Waals surface area contributed by atoms with Gasteiger partial charge in [0.15, 0.2) is 6.61 Å². The summed E-state index contributed by atoms with van der Waals surface area (Å²) in [5.74, 6) is -3.11. The standard InChI is InChI=1S/C17H12BrF2NO3/c18-12-4-1-11(2-5-12)3-8-17(23)24-10-16(22)21-15-7-6-13(19)9-14(15)20/h1-9H,10H2,(H,21,22)/b8-3+. The number of hydrogen-bond acceptors (Lipinski definition) is 3. The van der Waals surface area contributed by atoms with Crippen LogP contribution in [0.4, 0.5) is 14.5 Å². The Morgan fingerprint density at radius 3 is 2.50 bits per heavy atom. The molecule has 0 fully saturated rings. The number of nitrogens with one attached hydrogen (secondary N) is 1. The molecule has 0 spiro atoms. The molecule has 2 rings (SSSR count). The quantitative estimate of drug-likeness (QED) is 0.616. The van der Waals surface area contributed by atoms with Crippen molar-refractivity contribution in [1.82, 2.24) is 0 Å². The van der Waals surface area contributed by atoms with E-state index in [9.17, 15) is 18.4 Å². The van der Waals surface area contributed by atoms with Crippen molar-refractivity contribution in [3.63, 3.8) is 0 Å². The van der Waals surface area contributed by atoms with Crippen LogP contribution in [0.1, 0.15) is 5.56 Å². The van der Waals surface area contributed by atoms with Crippen molar-refractivity contribution in [2.45, 2.75) is 0 Å². The molecule has 1 N–H and O–H groups in total. The van der Waals surface area contributed by atoms with E-state index >= 15 is 0 Å². The summed E-state index contributed by atoms with van der Waals surface area (Å²) in [7, 11) is 0. The molecule has 2 aromatic rings. The van der Waals surface area contributed by atoms with E-state index in [0.717, 1.165) is 22.2 Å². The lowest BCUT2D eigenvalue weighted by atomic mass is 10.2. The lowest BCUT2D eigenvalue weighted by molar-refractivity contribution is -0.142. The minimum Gasteiger partial charge on any atom is -0.452 e. The molecule has 0 bridgehead atoms. The molecule has 1 amide bonds. The number of ether oxygens (including phenoxy) is 1. The van der Waals surface area contributed by atoms with Crippen molar-refractivity contribution in [2.75, 3.05) is 11.9 Å². The van der Waals surface area contributed by atoms with Crippen molar-refractivity contribution in [2.24, 2.45) is 0 Å². The summed E-state index contributed by atoms with van der Waals surface area (Å²) in [6.45, 7) is -0.583. The maximum atomic E-state index is 13.4. The van der Waals surface area contributed by atoms with Crippen LogP contribution < -0.4 is 5.32 Å². The number of amides is 1. The average Bonchev–Trinajstić information content (AvgIpc) is 2.55. The molecule has 0 aromatic heterocycles. The van der Waals surface area contributed by atoms with Crippen molar-refractivity contribution < 1.29 is 23.1 Å². The van der Waals surface area contributed by atoms with Crippen LogP contribution in [0.3, 0.4) is 0 Å². The van der Waals surface area contributed by atoms with Crippen molar-refractivity contribution in [3.8, 4) is 0 Å². The average molecular weight is 396 g/mol. The van der Waals surface area contributed by atoms with Gasteiger partial charge in [-0.05, 0) is 35.9 Å². The minimum atomic E-state index is -0.912. The van der Waals surface area contributed by atoms with Crippen molar-refractivity contribution in [1.29, 1.82) is 0 Å². The van der Waals surface area contributed by atoms with E-state index in [0.29, 0.717) is 6.07 Å². The van der Waals surface area contributed by atoms with E-state index in [1.807, 2.05) is 12.1 Å². The molecule has 0 atom stereocenters. The number of rotatable bonds is 5. The highest BCUT2D eigenvalue weighted by atomic mass is 79.9. The number of halogens is 3. The molecule has 2 aromatic carbocycles. The third-order valence-electron chi connectivity index (χ3n) is 2.83. The van der Waals surface area contributed by atoms with Crippen LogP contribution in [-0.4, -0.2) is 18.5 Å². The molecule has 0 heterocycles. The van der Waals surface area contributed by atoms with Crippen LogP contribution in [0.2, 0.25) is 0 Å². The zero-order valence-corrected chi connectivity index (χ0v) is 13.8. The predicted molar refractivity (Wildman–Crippen MR) is 89.1 cm³/mol. The van der Waals surface area contributed by atoms with E-state index in [4.69, 9.17) is 4.74 Å². The van der Waals surface area contributed by atoms with Crippen LogP contribution in [0.15, 0.2) is 53.0 Å². The van der Waals surface area contributed by atoms with Gasteiger partial charge in [-0.2, -0.15) is 0 Å². The van der Waals surface area contributed by atoms with Gasteiger partial charge in [-0.3, -0.25) is 4.79 Å². The summed E-state index contributed by atoms with van der Waals surface area (Å²) in [6, 6.07) is 9.94. The first-order valence-corrected chi connectivity index (χ1v) is 7.58. The Kier molecular flexibility index (Phi) is 6.20. The van der Waals surface area contributed by atoms with E-state index in [2.05, 4.69) is 21.2 Å². The lowest BCUT2D eigenvalue weighted by Gasteiger charge is -2.06. The Morgan fingerprint density at radius 1 is 1.12 bits per heavy atom. The summed E-state index contributed by atoms with van der Waals surface area (Å²) in [5.41, 5.74) is 0.593. The van der Waals surface area contributed by atoms with Gasteiger partial charge < -0.3 is 10.1 Å². The molecule has 0 aliphatic rings. The molecule has 0 saturated carbocycles. The number of carbonyl (C=O) groups is 2. The van der Waals surface area contributed by atoms with Crippen molar-refractivity contribution >= 4 is 39.6 Å². The Bertz CT molecular complexity index is 776. The number of anilines is 1. The van der Waals surface area contributed by atoms with Crippen LogP contribution in [0.25, 0.3) is 6.08 Å². The third kappa shape index (κ3) is 5.58. The number of hydrogen-bond donors (Lipinski definition) is 1. The van der Waals surface area contributed by atoms with Crippen LogP contribution in [0.5, 0.6) is 0 Å². The highest BCUT2D eigenvalue weighted by Gasteiger charge is 2.09. The fourth-order valence-corrected chi connectivity index (χ4v) is 1.96. The zero-order chi connectivity index (χ0) is 17.5. The SMILES string of the molecule is O=C(COC(=O)/C=C/c1ccc(Br)cc1)Nc1ccc(F)cc1F. The molecule has 0 radical (unpaired) electrons. The highest BCUT2D eigenvalue weighted by molar-refractivity contribution is 9.10. The molecule has 0 saturated heterocycles. The molecular formula is C17H12BrF2NO3. The fraction of sp³-hybridized carbons (Fsp3) is 0.0588. The Balaban J connectivity index is 1.82. The van der Waals surface area contributed by atoms with Gasteiger partial charge in [0.05, 0.1) is 5.69 Å². The third-order valence-corrected chi connectivity index (χ3v) is 3.36. The molecular weight excluding hydrogens is 384 g/mol. The number of esters is 1. The van der Waals surface area contributed by atoms with Crippen LogP contribution in [-0.2, 0) is 14.3 Å². The van der Waals surface area contributed by atoms with Gasteiger partial charge in [-0.25, -0.2) is 13.6 Å². The number of benzene rings is 2. The van der Waals surface area contributed by atoms with Crippen LogP contribution >= 0.6 is 15.9 Å². The normalized spacial score (nSPS) is 10.6. The summed E-state index contributed by atoms with van der Waals surface area (Å²) < 4.78 is 31.8. The van der Waals surface area contributed by atoms with Crippen LogP contribution in [0, 0.1) is 11.6 Å². The van der Waals surface area contributed by atoms with Gasteiger partial charge in [0.25, 0.3) is 5.91 Å². The predicted octanol–water partition coefficient (Wildman–Crippen LogP) is 3.92. The van der Waals surface area contributed by atoms with E-state index < -0.39 is 30.1 Å². The van der Waals surface area contributed by atoms with Crippen molar-refractivity contribution in [3.05, 3.63) is 70.2 Å². The molecule has 0 aliphatic carbocycles. The van der Waals surface area contributed by atoms with E-state index in [1.54, 1.807) is 12.1 Å². The number of carbonyl (C=O) groups excluding carboxylic acids is 2. The largest absolute Gasteiger partial charge is 0.452 e. The smallest absolute Gasteiger partial charge is 0.331 e. The first-order valence-electron chi connectivity index (χ1n) is 6.79. The maximum absolute atomic E-state index is 13.4. The summed E-state index contributed by atoms with van der Waals surface area (Å²) in [6.07, 6.45) is 2.71. The monoisotopic (exact) mass is 395 g/mol. The Labute approximate surface area is 145 Å². The van der Waals surface area contributed by atoms with Gasteiger partial charge >= 0.3 is 5.97 Å². The molecule has 0 unspecified atom stereocenters. The summed E-state index contributed by atoms with van der Waals surface area (Å²) in [5, 5.41) is 2.19. The molecule has 7 heteroatoms. The van der Waals surface area contributed by atoms with Gasteiger partial charge in [-0.15, -0.1) is 0 Å². The molecule has 124 valence electrons. The lowest BCUT2D eigenvalue weighted by Crippen LogP contribution is -2.20. The summed E-state index contributed by atoms with van der Waals surface area (Å²) >= 11 is 3.29. The topological polar surface area (TPSA) is 55.4 Å². The minimum absolute atomic E-state index is 0.192. The second-order valence-electron chi connectivity index (χ2n) is 4.66. The maximum Gasteiger partial charge on any atom is 0.331 e. The van der Waals surface area contributed by atoms with Gasteiger partial charge in [0, 0.05) is 16.6 Å². The summed E-state index contributed by atoms with van der Waals surface area (Å²) in [4.78, 5) is 23.1. The molecule has 4 nitrogen and oxygen atoms in total. The van der Waals surface area contributed by atoms with E-state index in [1.165, 1.54) is 12.2 Å². The first-order chi connectivity index (χ1) is 11.4. The fourth-order valence-electron chi connectivity index (χ4n) is 1.70.